The van der Waals surface area contributed by atoms with Crippen molar-refractivity contribution in [2.45, 2.75) is 26.3 Å². The van der Waals surface area contributed by atoms with Gasteiger partial charge in [-0.2, -0.15) is 0 Å². The first kappa shape index (κ1) is 9.58. The van der Waals surface area contributed by atoms with Crippen molar-refractivity contribution in [2.24, 2.45) is 16.6 Å². The minimum Gasteiger partial charge on any atom is -0.368 e. The summed E-state index contributed by atoms with van der Waals surface area (Å²) < 4.78 is 0. The van der Waals surface area contributed by atoms with Gasteiger partial charge in [0.05, 0.1) is 5.04 Å². The number of hydrogen-bond acceptors (Lipinski definition) is 3. The van der Waals surface area contributed by atoms with Crippen molar-refractivity contribution in [3.8, 4) is 0 Å². The molecule has 0 spiro atoms. The van der Waals surface area contributed by atoms with Crippen LogP contribution in [0.1, 0.15) is 20.8 Å². The van der Waals surface area contributed by atoms with Gasteiger partial charge in [-0.3, -0.25) is 9.79 Å². The highest BCUT2D eigenvalue weighted by Crippen LogP contribution is 2.30. The quantitative estimate of drug-likeness (QED) is 0.700. The summed E-state index contributed by atoms with van der Waals surface area (Å²) in [7, 11) is 0. The van der Waals surface area contributed by atoms with Gasteiger partial charge in [-0.15, -0.1) is 11.8 Å². The summed E-state index contributed by atoms with van der Waals surface area (Å²) in [5, 5.41) is 1.04. The van der Waals surface area contributed by atoms with Gasteiger partial charge in [0.15, 0.2) is 0 Å². The molecule has 0 bridgehead atoms. The maximum atomic E-state index is 11.0. The lowest BCUT2D eigenvalue weighted by atomic mass is 10.1. The zero-order valence-corrected chi connectivity index (χ0v) is 8.44. The van der Waals surface area contributed by atoms with E-state index >= 15 is 0 Å². The van der Waals surface area contributed by atoms with Crippen LogP contribution in [-0.4, -0.2) is 22.2 Å². The minimum atomic E-state index is -0.662. The molecule has 1 atom stereocenters. The highest BCUT2D eigenvalue weighted by atomic mass is 32.2. The Morgan fingerprint density at radius 2 is 2.33 bits per heavy atom. The third-order valence-corrected chi connectivity index (χ3v) is 3.45. The average molecular weight is 186 g/mol. The molecule has 1 aliphatic heterocycles. The Morgan fingerprint density at radius 1 is 1.75 bits per heavy atom. The number of nitrogens with two attached hydrogens (primary N) is 1. The maximum Gasteiger partial charge on any atom is 0.245 e. The molecule has 0 saturated heterocycles. The average Bonchev–Trinajstić information content (AvgIpc) is 2.33. The summed E-state index contributed by atoms with van der Waals surface area (Å²) in [4.78, 5) is 15.3. The van der Waals surface area contributed by atoms with Gasteiger partial charge in [0.25, 0.3) is 0 Å². The molecule has 0 saturated carbocycles. The summed E-state index contributed by atoms with van der Waals surface area (Å²) in [5.41, 5.74) is 4.57. The Bertz CT molecular complexity index is 237. The number of primary amides is 1. The lowest BCUT2D eigenvalue weighted by Gasteiger charge is -2.13. The number of hydrogen-bond donors (Lipinski definition) is 1. The second-order valence-corrected chi connectivity index (χ2v) is 4.53. The van der Waals surface area contributed by atoms with E-state index < -0.39 is 5.54 Å². The third-order valence-electron chi connectivity index (χ3n) is 1.88. The molecular formula is C8H14N2OS. The van der Waals surface area contributed by atoms with Crippen LogP contribution >= 0.6 is 11.8 Å². The third kappa shape index (κ3) is 1.63. The van der Waals surface area contributed by atoms with E-state index in [4.69, 9.17) is 5.73 Å². The molecule has 0 aromatic rings. The fourth-order valence-corrected chi connectivity index (χ4v) is 2.18. The molecule has 0 fully saturated rings. The first-order valence-corrected chi connectivity index (χ1v) is 4.97. The minimum absolute atomic E-state index is 0.328. The lowest BCUT2D eigenvalue weighted by Crippen LogP contribution is -2.39. The van der Waals surface area contributed by atoms with Crippen LogP contribution in [-0.2, 0) is 4.79 Å². The largest absolute Gasteiger partial charge is 0.368 e. The summed E-state index contributed by atoms with van der Waals surface area (Å²) in [5.74, 6) is 0.761. The van der Waals surface area contributed by atoms with Crippen molar-refractivity contribution >= 4 is 22.7 Å². The first-order valence-electron chi connectivity index (χ1n) is 3.98. The van der Waals surface area contributed by atoms with E-state index in [2.05, 4.69) is 18.8 Å². The molecule has 1 amide bonds. The molecule has 12 heavy (non-hydrogen) atoms. The predicted octanol–water partition coefficient (Wildman–Crippen LogP) is 1.03. The number of carbonyl (C=O) groups is 1. The molecule has 1 heterocycles. The van der Waals surface area contributed by atoms with E-state index in [1.807, 2.05) is 0 Å². The monoisotopic (exact) mass is 186 g/mol. The van der Waals surface area contributed by atoms with Crippen LogP contribution in [0.4, 0.5) is 0 Å². The van der Waals surface area contributed by atoms with Gasteiger partial charge in [-0.05, 0) is 6.92 Å². The molecule has 1 aliphatic rings. The predicted molar refractivity (Wildman–Crippen MR) is 52.3 cm³/mol. The Kier molecular flexibility index (Phi) is 2.46. The van der Waals surface area contributed by atoms with E-state index in [0.717, 1.165) is 5.04 Å². The summed E-state index contributed by atoms with van der Waals surface area (Å²) in [6.07, 6.45) is 0. The van der Waals surface area contributed by atoms with Gasteiger partial charge >= 0.3 is 0 Å². The molecular weight excluding hydrogens is 172 g/mol. The number of rotatable bonds is 2. The van der Waals surface area contributed by atoms with Gasteiger partial charge in [0, 0.05) is 11.7 Å². The Balaban J connectivity index is 2.82. The smallest absolute Gasteiger partial charge is 0.245 e. The molecule has 0 aromatic carbocycles. The van der Waals surface area contributed by atoms with E-state index in [1.165, 1.54) is 0 Å². The number of amides is 1. The van der Waals surface area contributed by atoms with Crippen molar-refractivity contribution in [3.63, 3.8) is 0 Å². The number of nitrogens with zero attached hydrogens (tertiary/aromatic N) is 1. The topological polar surface area (TPSA) is 55.4 Å². The molecule has 2 N–H and O–H groups in total. The lowest BCUT2D eigenvalue weighted by molar-refractivity contribution is -0.121. The molecule has 0 radical (unpaired) electrons. The molecule has 1 rings (SSSR count). The van der Waals surface area contributed by atoms with Gasteiger partial charge < -0.3 is 5.73 Å². The fourth-order valence-electron chi connectivity index (χ4n) is 0.944. The highest BCUT2D eigenvalue weighted by Gasteiger charge is 2.36. The standard InChI is InChI=1S/C8H14N2OS/c1-5(2)6-10-8(3,4-12-6)7(9)11/h5H,4H2,1-3H3,(H2,9,11)/t8-/m0/s1. The van der Waals surface area contributed by atoms with Crippen LogP contribution in [0, 0.1) is 5.92 Å². The van der Waals surface area contributed by atoms with Gasteiger partial charge in [0.1, 0.15) is 5.54 Å². The first-order chi connectivity index (χ1) is 5.46. The summed E-state index contributed by atoms with van der Waals surface area (Å²) >= 11 is 1.63. The SMILES string of the molecule is CC(C)C1=N[C@](C)(C(N)=O)CS1. The number of aliphatic imine (C=N–C) groups is 1. The molecule has 0 aromatic heterocycles. The molecule has 0 aliphatic carbocycles. The van der Waals surface area contributed by atoms with Gasteiger partial charge in [0.2, 0.25) is 5.91 Å². The Hall–Kier alpha value is -0.510. The van der Waals surface area contributed by atoms with Crippen molar-refractivity contribution in [1.29, 1.82) is 0 Å². The summed E-state index contributed by atoms with van der Waals surface area (Å²) in [6, 6.07) is 0. The molecule has 4 heteroatoms. The zero-order chi connectivity index (χ0) is 9.35. The zero-order valence-electron chi connectivity index (χ0n) is 7.63. The van der Waals surface area contributed by atoms with E-state index in [1.54, 1.807) is 18.7 Å². The normalized spacial score (nSPS) is 29.2. The highest BCUT2D eigenvalue weighted by molar-refractivity contribution is 8.14. The fraction of sp³-hybridized carbons (Fsp3) is 0.750. The van der Waals surface area contributed by atoms with Crippen LogP contribution in [0.15, 0.2) is 4.99 Å². The van der Waals surface area contributed by atoms with Crippen LogP contribution in [0.25, 0.3) is 0 Å². The second kappa shape index (κ2) is 3.09. The Morgan fingerprint density at radius 3 is 2.58 bits per heavy atom. The van der Waals surface area contributed by atoms with Gasteiger partial charge in [-0.1, -0.05) is 13.8 Å². The van der Waals surface area contributed by atoms with E-state index in [0.29, 0.717) is 11.7 Å². The van der Waals surface area contributed by atoms with Crippen LogP contribution in [0.5, 0.6) is 0 Å². The second-order valence-electron chi connectivity index (χ2n) is 3.53. The maximum absolute atomic E-state index is 11.0. The molecule has 0 unspecified atom stereocenters. The number of carbonyl (C=O) groups excluding carboxylic acids is 1. The van der Waals surface area contributed by atoms with Crippen molar-refractivity contribution in [3.05, 3.63) is 0 Å². The van der Waals surface area contributed by atoms with Crippen molar-refractivity contribution in [2.75, 3.05) is 5.75 Å². The molecule has 68 valence electrons. The van der Waals surface area contributed by atoms with E-state index in [9.17, 15) is 4.79 Å². The summed E-state index contributed by atoms with van der Waals surface area (Å²) in [6.45, 7) is 5.93. The number of thioether (sulfide) groups is 1. The van der Waals surface area contributed by atoms with E-state index in [-0.39, 0.29) is 5.91 Å². The van der Waals surface area contributed by atoms with Crippen LogP contribution < -0.4 is 5.73 Å². The van der Waals surface area contributed by atoms with Crippen molar-refractivity contribution < 1.29 is 4.79 Å². The van der Waals surface area contributed by atoms with Crippen molar-refractivity contribution in [1.82, 2.24) is 0 Å². The Labute approximate surface area is 76.8 Å². The van der Waals surface area contributed by atoms with Gasteiger partial charge in [-0.25, -0.2) is 0 Å². The van der Waals surface area contributed by atoms with Crippen LogP contribution in [0.3, 0.4) is 0 Å². The van der Waals surface area contributed by atoms with Crippen LogP contribution in [0.2, 0.25) is 0 Å². The molecule has 3 nitrogen and oxygen atoms in total.